The number of amides is 1. The van der Waals surface area contributed by atoms with E-state index in [2.05, 4.69) is 17.2 Å². The highest BCUT2D eigenvalue weighted by Gasteiger charge is 2.10. The van der Waals surface area contributed by atoms with E-state index in [0.717, 1.165) is 29.0 Å². The predicted octanol–water partition coefficient (Wildman–Crippen LogP) is 6.47. The monoisotopic (exact) mass is 434 g/mol. The zero-order chi connectivity index (χ0) is 19.9. The van der Waals surface area contributed by atoms with E-state index >= 15 is 0 Å². The molecule has 3 aromatic rings. The maximum atomic E-state index is 12.4. The molecule has 0 saturated heterocycles. The van der Waals surface area contributed by atoms with Gasteiger partial charge in [-0.2, -0.15) is 0 Å². The zero-order valence-corrected chi connectivity index (χ0v) is 17.7. The summed E-state index contributed by atoms with van der Waals surface area (Å²) in [5, 5.41) is 4.45. The Balaban J connectivity index is 1.58. The van der Waals surface area contributed by atoms with Crippen molar-refractivity contribution in [2.45, 2.75) is 26.2 Å². The predicted molar refractivity (Wildman–Crippen MR) is 116 cm³/mol. The molecule has 0 aliphatic heterocycles. The van der Waals surface area contributed by atoms with Gasteiger partial charge in [-0.25, -0.2) is 4.98 Å². The van der Waals surface area contributed by atoms with E-state index in [4.69, 9.17) is 27.9 Å². The molecule has 0 unspecified atom stereocenters. The van der Waals surface area contributed by atoms with Gasteiger partial charge < -0.3 is 4.74 Å². The highest BCUT2D eigenvalue weighted by atomic mass is 35.5. The van der Waals surface area contributed by atoms with Crippen molar-refractivity contribution in [3.05, 3.63) is 74.7 Å². The smallest absolute Gasteiger partial charge is 0.257 e. The third kappa shape index (κ3) is 5.71. The second-order valence-electron chi connectivity index (χ2n) is 6.24. The standard InChI is InChI=1S/C21H20Cl2N2O2S/c1-2-3-10-27-16-7-5-15(6-8-16)20(26)25-21-24-13-17(28-21)11-14-4-9-18(22)19(23)12-14/h4-9,12-13H,2-3,10-11H2,1H3,(H,24,25,26). The molecule has 2 aromatic carbocycles. The molecule has 0 saturated carbocycles. The average Bonchev–Trinajstić information content (AvgIpc) is 3.12. The fraction of sp³-hybridized carbons (Fsp3) is 0.238. The van der Waals surface area contributed by atoms with Gasteiger partial charge in [0.05, 0.1) is 16.7 Å². The summed E-state index contributed by atoms with van der Waals surface area (Å²) in [7, 11) is 0. The Morgan fingerprint density at radius 3 is 2.64 bits per heavy atom. The SMILES string of the molecule is CCCCOc1ccc(C(=O)Nc2ncc(Cc3ccc(Cl)c(Cl)c3)s2)cc1. The number of ether oxygens (including phenoxy) is 1. The van der Waals surface area contributed by atoms with E-state index in [1.165, 1.54) is 11.3 Å². The first-order valence-corrected chi connectivity index (χ1v) is 10.5. The van der Waals surface area contributed by atoms with Crippen LogP contribution in [0.5, 0.6) is 5.75 Å². The van der Waals surface area contributed by atoms with Gasteiger partial charge in [-0.3, -0.25) is 10.1 Å². The van der Waals surface area contributed by atoms with E-state index in [9.17, 15) is 4.79 Å². The number of nitrogens with one attached hydrogen (secondary N) is 1. The van der Waals surface area contributed by atoms with Crippen LogP contribution in [0.1, 0.15) is 40.6 Å². The van der Waals surface area contributed by atoms with Crippen molar-refractivity contribution in [3.63, 3.8) is 0 Å². The summed E-state index contributed by atoms with van der Waals surface area (Å²) in [6.45, 7) is 2.80. The number of carbonyl (C=O) groups is 1. The van der Waals surface area contributed by atoms with Crippen molar-refractivity contribution in [3.8, 4) is 5.75 Å². The van der Waals surface area contributed by atoms with Crippen molar-refractivity contribution in [2.24, 2.45) is 0 Å². The number of hydrogen-bond donors (Lipinski definition) is 1. The van der Waals surface area contributed by atoms with Crippen molar-refractivity contribution in [1.82, 2.24) is 4.98 Å². The van der Waals surface area contributed by atoms with E-state index in [1.54, 1.807) is 24.4 Å². The van der Waals surface area contributed by atoms with Crippen LogP contribution in [0.3, 0.4) is 0 Å². The lowest BCUT2D eigenvalue weighted by atomic mass is 10.1. The molecule has 0 radical (unpaired) electrons. The van der Waals surface area contributed by atoms with Crippen LogP contribution in [0, 0.1) is 0 Å². The largest absolute Gasteiger partial charge is 0.494 e. The summed E-state index contributed by atoms with van der Waals surface area (Å²) in [4.78, 5) is 17.7. The zero-order valence-electron chi connectivity index (χ0n) is 15.4. The molecule has 0 aliphatic carbocycles. The van der Waals surface area contributed by atoms with Crippen LogP contribution in [-0.2, 0) is 6.42 Å². The fourth-order valence-electron chi connectivity index (χ4n) is 2.50. The van der Waals surface area contributed by atoms with Crippen LogP contribution in [0.4, 0.5) is 5.13 Å². The molecule has 0 aliphatic rings. The maximum absolute atomic E-state index is 12.4. The number of carbonyl (C=O) groups excluding carboxylic acids is 1. The van der Waals surface area contributed by atoms with Gasteiger partial charge in [0.25, 0.3) is 5.91 Å². The quantitative estimate of drug-likeness (QED) is 0.413. The number of benzene rings is 2. The van der Waals surface area contributed by atoms with Gasteiger partial charge in [0.2, 0.25) is 0 Å². The molecule has 28 heavy (non-hydrogen) atoms. The van der Waals surface area contributed by atoms with Crippen molar-refractivity contribution < 1.29 is 9.53 Å². The minimum absolute atomic E-state index is 0.199. The molecular formula is C21H20Cl2N2O2S. The molecule has 0 bridgehead atoms. The van der Waals surface area contributed by atoms with Gasteiger partial charge in [0.1, 0.15) is 5.75 Å². The van der Waals surface area contributed by atoms with E-state index in [-0.39, 0.29) is 5.91 Å². The molecule has 0 atom stereocenters. The third-order valence-corrected chi connectivity index (χ3v) is 5.67. The maximum Gasteiger partial charge on any atom is 0.257 e. The van der Waals surface area contributed by atoms with E-state index in [1.807, 2.05) is 24.3 Å². The minimum Gasteiger partial charge on any atom is -0.494 e. The van der Waals surface area contributed by atoms with Crippen molar-refractivity contribution in [1.29, 1.82) is 0 Å². The first-order chi connectivity index (χ1) is 13.5. The molecule has 146 valence electrons. The second kappa shape index (κ2) is 9.92. The van der Waals surface area contributed by atoms with Gasteiger partial charge >= 0.3 is 0 Å². The lowest BCUT2D eigenvalue weighted by Gasteiger charge is -2.06. The lowest BCUT2D eigenvalue weighted by molar-refractivity contribution is 0.102. The highest BCUT2D eigenvalue weighted by molar-refractivity contribution is 7.15. The van der Waals surface area contributed by atoms with Crippen LogP contribution in [0.2, 0.25) is 10.0 Å². The molecule has 4 nitrogen and oxygen atoms in total. The molecular weight excluding hydrogens is 415 g/mol. The van der Waals surface area contributed by atoms with Gasteiger partial charge in [0, 0.05) is 23.1 Å². The molecule has 7 heteroatoms. The summed E-state index contributed by atoms with van der Waals surface area (Å²) in [6, 6.07) is 12.7. The van der Waals surface area contributed by atoms with Crippen molar-refractivity contribution in [2.75, 3.05) is 11.9 Å². The Labute approximate surface area is 178 Å². The Bertz CT molecular complexity index is 942. The number of anilines is 1. The van der Waals surface area contributed by atoms with Crippen LogP contribution < -0.4 is 10.1 Å². The number of halogens is 2. The van der Waals surface area contributed by atoms with Gasteiger partial charge in [0.15, 0.2) is 5.13 Å². The summed E-state index contributed by atoms with van der Waals surface area (Å²) >= 11 is 13.4. The number of aromatic nitrogens is 1. The number of thiazole rings is 1. The van der Waals surface area contributed by atoms with Crippen LogP contribution in [0.25, 0.3) is 0 Å². The minimum atomic E-state index is -0.199. The molecule has 0 fully saturated rings. The normalized spacial score (nSPS) is 10.7. The number of hydrogen-bond acceptors (Lipinski definition) is 4. The molecule has 0 spiro atoms. The van der Waals surface area contributed by atoms with E-state index < -0.39 is 0 Å². The molecule has 1 heterocycles. The number of rotatable bonds is 8. The van der Waals surface area contributed by atoms with Crippen LogP contribution >= 0.6 is 34.5 Å². The van der Waals surface area contributed by atoms with Gasteiger partial charge in [-0.05, 0) is 48.4 Å². The number of unbranched alkanes of at least 4 members (excludes halogenated alkanes) is 1. The Kier molecular flexibility index (Phi) is 7.31. The van der Waals surface area contributed by atoms with Crippen LogP contribution in [-0.4, -0.2) is 17.5 Å². The number of nitrogens with zero attached hydrogens (tertiary/aromatic N) is 1. The topological polar surface area (TPSA) is 51.2 Å². The summed E-state index contributed by atoms with van der Waals surface area (Å²) in [5.74, 6) is 0.568. The molecule has 1 N–H and O–H groups in total. The first kappa shape index (κ1) is 20.6. The highest BCUT2D eigenvalue weighted by Crippen LogP contribution is 2.26. The van der Waals surface area contributed by atoms with Crippen molar-refractivity contribution >= 4 is 45.6 Å². The summed E-state index contributed by atoms with van der Waals surface area (Å²) < 4.78 is 5.62. The second-order valence-corrected chi connectivity index (χ2v) is 8.17. The molecule has 1 aromatic heterocycles. The van der Waals surface area contributed by atoms with E-state index in [0.29, 0.717) is 33.8 Å². The van der Waals surface area contributed by atoms with Gasteiger partial charge in [-0.1, -0.05) is 42.6 Å². The Morgan fingerprint density at radius 1 is 1.14 bits per heavy atom. The van der Waals surface area contributed by atoms with Crippen LogP contribution in [0.15, 0.2) is 48.7 Å². The Hall–Kier alpha value is -2.08. The summed E-state index contributed by atoms with van der Waals surface area (Å²) in [6.07, 6.45) is 4.53. The average molecular weight is 435 g/mol. The lowest BCUT2D eigenvalue weighted by Crippen LogP contribution is -2.11. The first-order valence-electron chi connectivity index (χ1n) is 8.98. The van der Waals surface area contributed by atoms with Gasteiger partial charge in [-0.15, -0.1) is 11.3 Å². The third-order valence-electron chi connectivity index (χ3n) is 4.02. The molecule has 3 rings (SSSR count). The Morgan fingerprint density at radius 2 is 1.93 bits per heavy atom. The summed E-state index contributed by atoms with van der Waals surface area (Å²) in [5.41, 5.74) is 1.60. The fourth-order valence-corrected chi connectivity index (χ4v) is 3.67. The molecule has 1 amide bonds.